The second-order valence-corrected chi connectivity index (χ2v) is 5.10. The van der Waals surface area contributed by atoms with E-state index in [9.17, 15) is 9.90 Å². The second kappa shape index (κ2) is 6.06. The number of hydrogen-bond donors (Lipinski definition) is 1. The third-order valence-corrected chi connectivity index (χ3v) is 3.82. The first-order chi connectivity index (χ1) is 9.11. The number of aromatic hydroxyl groups is 1. The van der Waals surface area contributed by atoms with Crippen molar-refractivity contribution in [2.75, 3.05) is 20.3 Å². The van der Waals surface area contributed by atoms with E-state index >= 15 is 0 Å². The SMILES string of the molecule is CC(c1ccccc1O)N(C)C(=O)C1CCCOC1. The third-order valence-electron chi connectivity index (χ3n) is 3.82. The fraction of sp³-hybridized carbons (Fsp3) is 0.533. The van der Waals surface area contributed by atoms with Crippen LogP contribution in [0, 0.1) is 5.92 Å². The number of benzene rings is 1. The molecule has 1 aliphatic heterocycles. The Bertz CT molecular complexity index is 441. The van der Waals surface area contributed by atoms with Crippen LogP contribution in [0.3, 0.4) is 0 Å². The van der Waals surface area contributed by atoms with Crippen LogP contribution in [0.2, 0.25) is 0 Å². The molecular formula is C15H21NO3. The highest BCUT2D eigenvalue weighted by Crippen LogP contribution is 2.29. The summed E-state index contributed by atoms with van der Waals surface area (Å²) in [5.74, 6) is 0.275. The van der Waals surface area contributed by atoms with Crippen LogP contribution in [-0.4, -0.2) is 36.2 Å². The molecule has 19 heavy (non-hydrogen) atoms. The molecule has 4 heteroatoms. The Labute approximate surface area is 114 Å². The molecule has 0 aliphatic carbocycles. The van der Waals surface area contributed by atoms with Gasteiger partial charge in [-0.25, -0.2) is 0 Å². The molecule has 1 saturated heterocycles. The minimum Gasteiger partial charge on any atom is -0.508 e. The van der Waals surface area contributed by atoms with E-state index in [4.69, 9.17) is 4.74 Å². The van der Waals surface area contributed by atoms with Crippen LogP contribution in [-0.2, 0) is 9.53 Å². The van der Waals surface area contributed by atoms with Crippen molar-refractivity contribution in [2.24, 2.45) is 5.92 Å². The van der Waals surface area contributed by atoms with E-state index in [1.54, 1.807) is 24.1 Å². The van der Waals surface area contributed by atoms with Gasteiger partial charge in [-0.2, -0.15) is 0 Å². The van der Waals surface area contributed by atoms with E-state index in [0.717, 1.165) is 25.0 Å². The minimum atomic E-state index is -0.143. The average Bonchev–Trinajstić information content (AvgIpc) is 2.46. The van der Waals surface area contributed by atoms with E-state index in [1.807, 2.05) is 19.1 Å². The van der Waals surface area contributed by atoms with Gasteiger partial charge in [-0.15, -0.1) is 0 Å². The average molecular weight is 263 g/mol. The number of phenols is 1. The van der Waals surface area contributed by atoms with Crippen molar-refractivity contribution in [3.63, 3.8) is 0 Å². The van der Waals surface area contributed by atoms with Crippen LogP contribution in [0.1, 0.15) is 31.4 Å². The van der Waals surface area contributed by atoms with Gasteiger partial charge < -0.3 is 14.7 Å². The maximum Gasteiger partial charge on any atom is 0.228 e. The van der Waals surface area contributed by atoms with Crippen LogP contribution in [0.15, 0.2) is 24.3 Å². The van der Waals surface area contributed by atoms with E-state index < -0.39 is 0 Å². The highest BCUT2D eigenvalue weighted by molar-refractivity contribution is 5.79. The van der Waals surface area contributed by atoms with Crippen LogP contribution in [0.5, 0.6) is 5.75 Å². The van der Waals surface area contributed by atoms with Crippen LogP contribution < -0.4 is 0 Å². The number of ether oxygens (including phenoxy) is 1. The van der Waals surface area contributed by atoms with Gasteiger partial charge >= 0.3 is 0 Å². The van der Waals surface area contributed by atoms with E-state index in [0.29, 0.717) is 6.61 Å². The lowest BCUT2D eigenvalue weighted by Gasteiger charge is -2.31. The van der Waals surface area contributed by atoms with Crippen molar-refractivity contribution in [1.29, 1.82) is 0 Å². The normalized spacial score (nSPS) is 20.8. The van der Waals surface area contributed by atoms with Gasteiger partial charge in [0.15, 0.2) is 0 Å². The molecule has 0 spiro atoms. The molecule has 0 radical (unpaired) electrons. The summed E-state index contributed by atoms with van der Waals surface area (Å²) in [6.45, 7) is 3.19. The number of amides is 1. The molecule has 4 nitrogen and oxygen atoms in total. The topological polar surface area (TPSA) is 49.8 Å². The molecule has 1 heterocycles. The van der Waals surface area contributed by atoms with Gasteiger partial charge in [0.05, 0.1) is 18.6 Å². The molecule has 2 atom stereocenters. The number of hydrogen-bond acceptors (Lipinski definition) is 3. The third kappa shape index (κ3) is 3.07. The predicted molar refractivity (Wildman–Crippen MR) is 72.8 cm³/mol. The Hall–Kier alpha value is -1.55. The molecule has 1 amide bonds. The van der Waals surface area contributed by atoms with Gasteiger partial charge in [0.2, 0.25) is 5.91 Å². The van der Waals surface area contributed by atoms with Gasteiger partial charge in [0.1, 0.15) is 5.75 Å². The minimum absolute atomic E-state index is 0.0490. The molecule has 1 aromatic carbocycles. The van der Waals surface area contributed by atoms with Crippen molar-refractivity contribution in [2.45, 2.75) is 25.8 Å². The van der Waals surface area contributed by atoms with Crippen molar-refractivity contribution < 1.29 is 14.6 Å². The first-order valence-electron chi connectivity index (χ1n) is 6.73. The zero-order chi connectivity index (χ0) is 13.8. The molecule has 104 valence electrons. The van der Waals surface area contributed by atoms with E-state index in [2.05, 4.69) is 0 Å². The maximum absolute atomic E-state index is 12.4. The lowest BCUT2D eigenvalue weighted by molar-refractivity contribution is -0.140. The Morgan fingerprint density at radius 2 is 2.21 bits per heavy atom. The monoisotopic (exact) mass is 263 g/mol. The summed E-state index contributed by atoms with van der Waals surface area (Å²) in [7, 11) is 1.79. The molecule has 0 bridgehead atoms. The van der Waals surface area contributed by atoms with Crippen molar-refractivity contribution >= 4 is 5.91 Å². The number of carbonyl (C=O) groups is 1. The molecule has 2 unspecified atom stereocenters. The predicted octanol–water partition coefficient (Wildman–Crippen LogP) is 2.34. The summed E-state index contributed by atoms with van der Waals surface area (Å²) in [6.07, 6.45) is 1.83. The Morgan fingerprint density at radius 1 is 1.47 bits per heavy atom. The Morgan fingerprint density at radius 3 is 2.84 bits per heavy atom. The number of para-hydroxylation sites is 1. The zero-order valence-corrected chi connectivity index (χ0v) is 11.5. The van der Waals surface area contributed by atoms with Crippen molar-refractivity contribution in [3.05, 3.63) is 29.8 Å². The fourth-order valence-electron chi connectivity index (χ4n) is 2.46. The van der Waals surface area contributed by atoms with Crippen LogP contribution in [0.25, 0.3) is 0 Å². The lowest BCUT2D eigenvalue weighted by Crippen LogP contribution is -2.38. The lowest BCUT2D eigenvalue weighted by atomic mass is 9.98. The molecule has 1 fully saturated rings. The maximum atomic E-state index is 12.4. The Balaban J connectivity index is 2.08. The summed E-state index contributed by atoms with van der Waals surface area (Å²) in [5, 5.41) is 9.86. The summed E-state index contributed by atoms with van der Waals surface area (Å²) >= 11 is 0. The molecule has 2 rings (SSSR count). The number of phenolic OH excluding ortho intramolecular Hbond substituents is 1. The largest absolute Gasteiger partial charge is 0.508 e. The first kappa shape index (κ1) is 13.9. The van der Waals surface area contributed by atoms with Crippen molar-refractivity contribution in [1.82, 2.24) is 4.90 Å². The summed E-state index contributed by atoms with van der Waals surface area (Å²) in [4.78, 5) is 14.1. The number of nitrogens with zero attached hydrogens (tertiary/aromatic N) is 1. The highest BCUT2D eigenvalue weighted by Gasteiger charge is 2.28. The molecule has 0 aromatic heterocycles. The summed E-state index contributed by atoms with van der Waals surface area (Å²) in [5.41, 5.74) is 0.773. The molecule has 0 saturated carbocycles. The summed E-state index contributed by atoms with van der Waals surface area (Å²) in [6, 6.07) is 7.00. The van der Waals surface area contributed by atoms with Crippen LogP contribution >= 0.6 is 0 Å². The fourth-order valence-corrected chi connectivity index (χ4v) is 2.46. The van der Waals surface area contributed by atoms with Gasteiger partial charge in [0.25, 0.3) is 0 Å². The highest BCUT2D eigenvalue weighted by atomic mass is 16.5. The molecule has 1 N–H and O–H groups in total. The van der Waals surface area contributed by atoms with Gasteiger partial charge in [-0.1, -0.05) is 18.2 Å². The number of carbonyl (C=O) groups excluding carboxylic acids is 1. The quantitative estimate of drug-likeness (QED) is 0.910. The second-order valence-electron chi connectivity index (χ2n) is 5.10. The van der Waals surface area contributed by atoms with Gasteiger partial charge in [-0.3, -0.25) is 4.79 Å². The smallest absolute Gasteiger partial charge is 0.228 e. The summed E-state index contributed by atoms with van der Waals surface area (Å²) < 4.78 is 5.37. The first-order valence-corrected chi connectivity index (χ1v) is 6.73. The van der Waals surface area contributed by atoms with E-state index in [1.165, 1.54) is 0 Å². The van der Waals surface area contributed by atoms with E-state index in [-0.39, 0.29) is 23.6 Å². The van der Waals surface area contributed by atoms with Gasteiger partial charge in [0, 0.05) is 19.2 Å². The van der Waals surface area contributed by atoms with Gasteiger partial charge in [-0.05, 0) is 25.8 Å². The number of rotatable bonds is 3. The van der Waals surface area contributed by atoms with Crippen LogP contribution in [0.4, 0.5) is 0 Å². The molecule has 1 aliphatic rings. The molecule has 1 aromatic rings. The molecular weight excluding hydrogens is 242 g/mol. The standard InChI is InChI=1S/C15H21NO3/c1-11(13-7-3-4-8-14(13)17)16(2)15(18)12-6-5-9-19-10-12/h3-4,7-8,11-12,17H,5-6,9-10H2,1-2H3. The van der Waals surface area contributed by atoms with Crippen molar-refractivity contribution in [3.8, 4) is 5.75 Å². The Kier molecular flexibility index (Phi) is 4.43. The zero-order valence-electron chi connectivity index (χ0n) is 11.5.